The minimum Gasteiger partial charge on any atom is -0.491 e. The fourth-order valence-electron chi connectivity index (χ4n) is 3.91. The average molecular weight is 545 g/mol. The quantitative estimate of drug-likeness (QED) is 0.390. The molecule has 0 unspecified atom stereocenters. The standard InChI is InChI=1S/C25H28N4O8S/c1-17(2)37-19-4-6-20(7-5-19)38(33,34)29-11-9-28(10-12-29)18-3-8-21(22(13-18)35-15-24(30)31)25(32)27-23-14-26-16-36-23/h3-8,13-14,16-17H,9-12,15H2,1-2H3,(H,27,32)(H,30,31). The molecule has 1 saturated heterocycles. The predicted octanol–water partition coefficient (Wildman–Crippen LogP) is 2.69. The van der Waals surface area contributed by atoms with Crippen LogP contribution in [0, 0.1) is 0 Å². The molecule has 2 heterocycles. The van der Waals surface area contributed by atoms with Crippen molar-refractivity contribution in [2.24, 2.45) is 0 Å². The van der Waals surface area contributed by atoms with Crippen molar-refractivity contribution in [3.8, 4) is 11.5 Å². The first-order valence-electron chi connectivity index (χ1n) is 11.8. The lowest BCUT2D eigenvalue weighted by Crippen LogP contribution is -2.48. The molecule has 0 aliphatic carbocycles. The molecular formula is C25H28N4O8S. The summed E-state index contributed by atoms with van der Waals surface area (Å²) in [5.41, 5.74) is 0.770. The SMILES string of the molecule is CC(C)Oc1ccc(S(=O)(=O)N2CCN(c3ccc(C(=O)Nc4cnco4)c(OCC(=O)O)c3)CC2)cc1. The second kappa shape index (κ2) is 11.5. The van der Waals surface area contributed by atoms with E-state index in [2.05, 4.69) is 10.3 Å². The number of carbonyl (C=O) groups excluding carboxylic acids is 1. The zero-order valence-corrected chi connectivity index (χ0v) is 21.7. The van der Waals surface area contributed by atoms with E-state index in [0.29, 0.717) is 24.5 Å². The molecule has 0 bridgehead atoms. The zero-order chi connectivity index (χ0) is 27.3. The number of ether oxygens (including phenoxy) is 2. The Morgan fingerprint density at radius 3 is 2.42 bits per heavy atom. The van der Waals surface area contributed by atoms with Crippen LogP contribution in [0.25, 0.3) is 0 Å². The van der Waals surface area contributed by atoms with Gasteiger partial charge in [-0.15, -0.1) is 0 Å². The maximum atomic E-state index is 13.2. The van der Waals surface area contributed by atoms with Gasteiger partial charge in [-0.2, -0.15) is 4.31 Å². The first-order chi connectivity index (χ1) is 18.1. The third-order valence-electron chi connectivity index (χ3n) is 5.67. The second-order valence-corrected chi connectivity index (χ2v) is 10.6. The van der Waals surface area contributed by atoms with Gasteiger partial charge in [-0.3, -0.25) is 10.1 Å². The highest BCUT2D eigenvalue weighted by atomic mass is 32.2. The lowest BCUT2D eigenvalue weighted by atomic mass is 10.1. The van der Waals surface area contributed by atoms with Crippen LogP contribution in [-0.4, -0.2) is 73.6 Å². The Bertz CT molecular complexity index is 1370. The van der Waals surface area contributed by atoms with E-state index in [1.807, 2.05) is 18.7 Å². The smallest absolute Gasteiger partial charge is 0.341 e. The van der Waals surface area contributed by atoms with Crippen LogP contribution in [0.1, 0.15) is 24.2 Å². The van der Waals surface area contributed by atoms with Gasteiger partial charge in [-0.1, -0.05) is 0 Å². The molecule has 1 aliphatic heterocycles. The Morgan fingerprint density at radius 2 is 1.82 bits per heavy atom. The van der Waals surface area contributed by atoms with E-state index in [4.69, 9.17) is 19.0 Å². The molecule has 0 radical (unpaired) electrons. The Morgan fingerprint density at radius 1 is 1.11 bits per heavy atom. The maximum Gasteiger partial charge on any atom is 0.341 e. The van der Waals surface area contributed by atoms with Gasteiger partial charge in [0.25, 0.3) is 5.91 Å². The molecule has 38 heavy (non-hydrogen) atoms. The molecule has 0 spiro atoms. The summed E-state index contributed by atoms with van der Waals surface area (Å²) < 4.78 is 43.7. The molecule has 12 nitrogen and oxygen atoms in total. The van der Waals surface area contributed by atoms with Crippen molar-refractivity contribution in [1.29, 1.82) is 0 Å². The van der Waals surface area contributed by atoms with Gasteiger partial charge in [0.15, 0.2) is 13.0 Å². The van der Waals surface area contributed by atoms with E-state index in [1.54, 1.807) is 24.3 Å². The molecule has 2 aromatic carbocycles. The number of oxazole rings is 1. The molecule has 0 atom stereocenters. The summed E-state index contributed by atoms with van der Waals surface area (Å²) in [7, 11) is -3.69. The van der Waals surface area contributed by atoms with Crippen LogP contribution < -0.4 is 19.7 Å². The number of nitrogens with one attached hydrogen (secondary N) is 1. The molecule has 0 saturated carbocycles. The van der Waals surface area contributed by atoms with Crippen molar-refractivity contribution >= 4 is 33.5 Å². The van der Waals surface area contributed by atoms with Crippen LogP contribution in [0.3, 0.4) is 0 Å². The summed E-state index contributed by atoms with van der Waals surface area (Å²) in [4.78, 5) is 29.6. The average Bonchev–Trinajstić information content (AvgIpc) is 3.40. The van der Waals surface area contributed by atoms with Crippen molar-refractivity contribution in [3.05, 3.63) is 60.6 Å². The summed E-state index contributed by atoms with van der Waals surface area (Å²) in [5, 5.41) is 11.6. The molecule has 13 heteroatoms. The number of rotatable bonds is 10. The molecule has 1 amide bonds. The monoisotopic (exact) mass is 544 g/mol. The normalized spacial score (nSPS) is 14.3. The largest absolute Gasteiger partial charge is 0.491 e. The fraction of sp³-hybridized carbons (Fsp3) is 0.320. The highest BCUT2D eigenvalue weighted by Gasteiger charge is 2.29. The van der Waals surface area contributed by atoms with E-state index < -0.39 is 28.5 Å². The van der Waals surface area contributed by atoms with Crippen molar-refractivity contribution < 1.29 is 37.0 Å². The lowest BCUT2D eigenvalue weighted by molar-refractivity contribution is -0.139. The minimum absolute atomic E-state index is 0.0164. The van der Waals surface area contributed by atoms with Crippen LogP contribution >= 0.6 is 0 Å². The van der Waals surface area contributed by atoms with Crippen LogP contribution in [0.15, 0.2) is 64.4 Å². The molecule has 202 valence electrons. The summed E-state index contributed by atoms with van der Waals surface area (Å²) in [6, 6.07) is 11.1. The molecule has 1 aliphatic rings. The summed E-state index contributed by atoms with van der Waals surface area (Å²) in [6.07, 6.45) is 2.47. The first-order valence-corrected chi connectivity index (χ1v) is 13.3. The number of hydrogen-bond donors (Lipinski definition) is 2. The van der Waals surface area contributed by atoms with Gasteiger partial charge in [0.1, 0.15) is 11.5 Å². The van der Waals surface area contributed by atoms with Crippen LogP contribution in [0.5, 0.6) is 11.5 Å². The van der Waals surface area contributed by atoms with E-state index in [1.165, 1.54) is 28.7 Å². The van der Waals surface area contributed by atoms with Gasteiger partial charge in [-0.25, -0.2) is 18.2 Å². The Balaban J connectivity index is 1.46. The van der Waals surface area contributed by atoms with Crippen LogP contribution in [0.2, 0.25) is 0 Å². The number of amides is 1. The molecule has 2 N–H and O–H groups in total. The predicted molar refractivity (Wildman–Crippen MR) is 137 cm³/mol. The van der Waals surface area contributed by atoms with Crippen LogP contribution in [0.4, 0.5) is 11.6 Å². The highest BCUT2D eigenvalue weighted by Crippen LogP contribution is 2.29. The van der Waals surface area contributed by atoms with Crippen molar-refractivity contribution in [3.63, 3.8) is 0 Å². The number of piperazine rings is 1. The number of anilines is 2. The highest BCUT2D eigenvalue weighted by molar-refractivity contribution is 7.89. The summed E-state index contributed by atoms with van der Waals surface area (Å²) in [6.45, 7) is 4.40. The van der Waals surface area contributed by atoms with E-state index >= 15 is 0 Å². The number of carbonyl (C=O) groups is 2. The van der Waals surface area contributed by atoms with Gasteiger partial charge >= 0.3 is 5.97 Å². The number of nitrogens with zero attached hydrogens (tertiary/aromatic N) is 3. The number of sulfonamides is 1. The molecular weight excluding hydrogens is 516 g/mol. The number of carboxylic acids is 1. The fourth-order valence-corrected chi connectivity index (χ4v) is 5.33. The third kappa shape index (κ3) is 6.42. The van der Waals surface area contributed by atoms with Crippen molar-refractivity contribution in [2.75, 3.05) is 43.0 Å². The topological polar surface area (TPSA) is 152 Å². The lowest BCUT2D eigenvalue weighted by Gasteiger charge is -2.35. The van der Waals surface area contributed by atoms with Crippen LogP contribution in [-0.2, 0) is 14.8 Å². The number of hydrogen-bond acceptors (Lipinski definition) is 9. The third-order valence-corrected chi connectivity index (χ3v) is 7.58. The van der Waals surface area contributed by atoms with E-state index in [-0.39, 0.29) is 41.3 Å². The number of benzene rings is 2. The van der Waals surface area contributed by atoms with Gasteiger partial charge in [0, 0.05) is 37.9 Å². The second-order valence-electron chi connectivity index (χ2n) is 8.71. The Hall–Kier alpha value is -4.10. The Labute approximate surface area is 219 Å². The first kappa shape index (κ1) is 26.9. The molecule has 3 aromatic rings. The number of carboxylic acid groups (broad SMARTS) is 1. The summed E-state index contributed by atoms with van der Waals surface area (Å²) in [5.74, 6) is -0.958. The number of aromatic nitrogens is 1. The summed E-state index contributed by atoms with van der Waals surface area (Å²) >= 11 is 0. The van der Waals surface area contributed by atoms with Crippen molar-refractivity contribution in [2.45, 2.75) is 24.8 Å². The van der Waals surface area contributed by atoms with Crippen molar-refractivity contribution in [1.82, 2.24) is 9.29 Å². The molecule has 1 aromatic heterocycles. The molecule has 1 fully saturated rings. The van der Waals surface area contributed by atoms with Gasteiger partial charge in [-0.05, 0) is 50.2 Å². The van der Waals surface area contributed by atoms with E-state index in [9.17, 15) is 18.0 Å². The molecule has 4 rings (SSSR count). The van der Waals surface area contributed by atoms with Gasteiger partial charge in [0.2, 0.25) is 15.9 Å². The minimum atomic E-state index is -3.69. The zero-order valence-electron chi connectivity index (χ0n) is 20.9. The maximum absolute atomic E-state index is 13.2. The van der Waals surface area contributed by atoms with Gasteiger partial charge in [0.05, 0.1) is 22.8 Å². The van der Waals surface area contributed by atoms with E-state index in [0.717, 1.165) is 6.39 Å². The van der Waals surface area contributed by atoms with Gasteiger partial charge < -0.3 is 23.9 Å². The number of aliphatic carboxylic acids is 1. The Kier molecular flexibility index (Phi) is 8.17.